The molecule has 0 heterocycles. The highest BCUT2D eigenvalue weighted by Gasteiger charge is 2.17. The van der Waals surface area contributed by atoms with Gasteiger partial charge in [0.1, 0.15) is 12.6 Å². The Hall–Kier alpha value is -2.00. The molecule has 9 nitrogen and oxygen atoms in total. The van der Waals surface area contributed by atoms with E-state index in [1.807, 2.05) is 21.1 Å². The first kappa shape index (κ1) is 21.3. The average Bonchev–Trinajstić information content (AvgIpc) is 2.22. The Morgan fingerprint density at radius 3 is 1.67 bits per heavy atom. The number of hydrogen-bond acceptors (Lipinski definition) is 5. The zero-order chi connectivity index (χ0) is 17.2. The van der Waals surface area contributed by atoms with Crippen LogP contribution in [-0.2, 0) is 19.2 Å². The summed E-state index contributed by atoms with van der Waals surface area (Å²) in [6.45, 7) is 0.465. The molecule has 1 atom stereocenters. The molecular formula is C12H22NO8+. The number of quaternary nitrogens is 1. The molecule has 0 bridgehead atoms. The van der Waals surface area contributed by atoms with Crippen molar-refractivity contribution in [1.29, 1.82) is 0 Å². The number of carbonyl (C=O) groups is 4. The van der Waals surface area contributed by atoms with Crippen molar-refractivity contribution in [2.45, 2.75) is 25.4 Å². The van der Waals surface area contributed by atoms with Crippen molar-refractivity contribution < 1.29 is 44.1 Å². The fourth-order valence-electron chi connectivity index (χ4n) is 1.23. The van der Waals surface area contributed by atoms with E-state index < -0.39 is 42.6 Å². The monoisotopic (exact) mass is 308 g/mol. The van der Waals surface area contributed by atoms with Gasteiger partial charge in [-0.1, -0.05) is 0 Å². The van der Waals surface area contributed by atoms with Crippen molar-refractivity contribution in [1.82, 2.24) is 0 Å². The summed E-state index contributed by atoms with van der Waals surface area (Å²) < 4.78 is 0.578. The molecule has 0 fully saturated rings. The van der Waals surface area contributed by atoms with E-state index in [-0.39, 0.29) is 6.42 Å². The Labute approximate surface area is 122 Å². The lowest BCUT2D eigenvalue weighted by Gasteiger charge is -2.25. The minimum absolute atomic E-state index is 0.171. The predicted octanol–water partition coefficient (Wildman–Crippen LogP) is -0.967. The van der Waals surface area contributed by atoms with Gasteiger partial charge in [-0.3, -0.25) is 14.4 Å². The number of rotatable bonds is 8. The van der Waals surface area contributed by atoms with Crippen molar-refractivity contribution in [3.8, 4) is 0 Å². The Balaban J connectivity index is 0. The van der Waals surface area contributed by atoms with Crippen molar-refractivity contribution in [2.75, 3.05) is 27.7 Å². The molecule has 0 unspecified atom stereocenters. The quantitative estimate of drug-likeness (QED) is 0.330. The molecule has 0 aliphatic heterocycles. The summed E-state index contributed by atoms with van der Waals surface area (Å²) in [6.07, 6.45) is -1.78. The molecule has 0 spiro atoms. The van der Waals surface area contributed by atoms with Crippen LogP contribution in [0.3, 0.4) is 0 Å². The number of aliphatic hydroxyl groups is 1. The van der Waals surface area contributed by atoms with Gasteiger partial charge >= 0.3 is 17.9 Å². The SMILES string of the molecule is C[N+](C)(C)C[C@H](O)CC(=O)O.O=C(O)CCC(=O)C(=O)O. The van der Waals surface area contributed by atoms with Gasteiger partial charge in [0.05, 0.1) is 34.0 Å². The van der Waals surface area contributed by atoms with Gasteiger partial charge in [-0.25, -0.2) is 4.79 Å². The van der Waals surface area contributed by atoms with Crippen LogP contribution < -0.4 is 0 Å². The van der Waals surface area contributed by atoms with Crippen LogP contribution in [0.25, 0.3) is 0 Å². The molecule has 0 aromatic carbocycles. The van der Waals surface area contributed by atoms with Gasteiger partial charge in [-0.05, 0) is 0 Å². The summed E-state index contributed by atoms with van der Waals surface area (Å²) >= 11 is 0. The molecule has 0 rings (SSSR count). The molecule has 0 aromatic rings. The highest BCUT2D eigenvalue weighted by Crippen LogP contribution is 1.98. The molecule has 122 valence electrons. The first-order valence-corrected chi connectivity index (χ1v) is 6.03. The minimum atomic E-state index is -1.58. The van der Waals surface area contributed by atoms with Gasteiger partial charge in [0.15, 0.2) is 0 Å². The van der Waals surface area contributed by atoms with Gasteiger partial charge < -0.3 is 24.9 Å². The van der Waals surface area contributed by atoms with Gasteiger partial charge in [0.2, 0.25) is 5.78 Å². The third-order valence-corrected chi connectivity index (χ3v) is 1.97. The third kappa shape index (κ3) is 18.0. The van der Waals surface area contributed by atoms with E-state index in [1.54, 1.807) is 0 Å². The molecule has 4 N–H and O–H groups in total. The molecule has 0 aliphatic rings. The Morgan fingerprint density at radius 2 is 1.38 bits per heavy atom. The third-order valence-electron chi connectivity index (χ3n) is 1.97. The minimum Gasteiger partial charge on any atom is -0.481 e. The number of carboxylic acid groups (broad SMARTS) is 3. The fraction of sp³-hybridized carbons (Fsp3) is 0.667. The van der Waals surface area contributed by atoms with Crippen LogP contribution in [-0.4, -0.2) is 82.4 Å². The molecule has 0 saturated heterocycles. The number of aliphatic hydroxyl groups excluding tert-OH is 1. The van der Waals surface area contributed by atoms with Crippen molar-refractivity contribution in [3.05, 3.63) is 0 Å². The van der Waals surface area contributed by atoms with Crippen molar-refractivity contribution in [3.63, 3.8) is 0 Å². The number of hydrogen-bond donors (Lipinski definition) is 4. The van der Waals surface area contributed by atoms with Gasteiger partial charge in [0.25, 0.3) is 0 Å². The fourth-order valence-corrected chi connectivity index (χ4v) is 1.23. The predicted molar refractivity (Wildman–Crippen MR) is 70.7 cm³/mol. The summed E-state index contributed by atoms with van der Waals surface area (Å²) in [4.78, 5) is 39.9. The van der Waals surface area contributed by atoms with E-state index in [1.165, 1.54) is 0 Å². The number of aliphatic carboxylic acids is 3. The normalized spacial score (nSPS) is 11.8. The highest BCUT2D eigenvalue weighted by atomic mass is 16.4. The van der Waals surface area contributed by atoms with Crippen LogP contribution in [0.1, 0.15) is 19.3 Å². The van der Waals surface area contributed by atoms with Crippen LogP contribution in [0, 0.1) is 0 Å². The zero-order valence-corrected chi connectivity index (χ0v) is 12.3. The Kier molecular flexibility index (Phi) is 9.97. The highest BCUT2D eigenvalue weighted by molar-refractivity contribution is 6.32. The largest absolute Gasteiger partial charge is 0.481 e. The second-order valence-corrected chi connectivity index (χ2v) is 5.35. The van der Waals surface area contributed by atoms with Gasteiger partial charge in [0, 0.05) is 6.42 Å². The maximum atomic E-state index is 10.2. The molecule has 0 radical (unpaired) electrons. The molecule has 0 aromatic heterocycles. The topological polar surface area (TPSA) is 149 Å². The van der Waals surface area contributed by atoms with E-state index in [4.69, 9.17) is 20.4 Å². The zero-order valence-electron chi connectivity index (χ0n) is 12.3. The van der Waals surface area contributed by atoms with E-state index in [2.05, 4.69) is 0 Å². The van der Waals surface area contributed by atoms with Crippen LogP contribution in [0.2, 0.25) is 0 Å². The van der Waals surface area contributed by atoms with Crippen LogP contribution in [0.5, 0.6) is 0 Å². The number of Topliss-reactive ketones (excluding diaryl/α,β-unsaturated/α-hetero) is 1. The number of carboxylic acids is 3. The number of likely N-dealkylation sites (N-methyl/N-ethyl adjacent to an activating group) is 1. The summed E-state index contributed by atoms with van der Waals surface area (Å²) in [6, 6.07) is 0. The maximum Gasteiger partial charge on any atom is 0.372 e. The summed E-state index contributed by atoms with van der Waals surface area (Å²) in [5, 5.41) is 33.4. The van der Waals surface area contributed by atoms with Crippen molar-refractivity contribution in [2.24, 2.45) is 0 Å². The van der Waals surface area contributed by atoms with Gasteiger partial charge in [-0.2, -0.15) is 0 Å². The Morgan fingerprint density at radius 1 is 0.905 bits per heavy atom. The summed E-state index contributed by atoms with van der Waals surface area (Å²) in [5.41, 5.74) is 0. The first-order chi connectivity index (χ1) is 9.35. The average molecular weight is 308 g/mol. The second-order valence-electron chi connectivity index (χ2n) is 5.35. The molecule has 21 heavy (non-hydrogen) atoms. The van der Waals surface area contributed by atoms with Crippen LogP contribution in [0.4, 0.5) is 0 Å². The number of carbonyl (C=O) groups excluding carboxylic acids is 1. The number of ketones is 1. The lowest BCUT2D eigenvalue weighted by atomic mass is 10.2. The van der Waals surface area contributed by atoms with Crippen LogP contribution in [0.15, 0.2) is 0 Å². The molecule has 0 saturated carbocycles. The lowest BCUT2D eigenvalue weighted by molar-refractivity contribution is -0.873. The van der Waals surface area contributed by atoms with Crippen molar-refractivity contribution >= 4 is 23.7 Å². The first-order valence-electron chi connectivity index (χ1n) is 6.03. The van der Waals surface area contributed by atoms with Crippen LogP contribution >= 0.6 is 0 Å². The molecule has 0 aliphatic carbocycles. The second kappa shape index (κ2) is 9.83. The van der Waals surface area contributed by atoms with E-state index in [0.29, 0.717) is 11.0 Å². The molecule has 0 amide bonds. The maximum absolute atomic E-state index is 10.2. The smallest absolute Gasteiger partial charge is 0.372 e. The standard InChI is InChI=1S/C7H15NO3.C5H6O5/c1-8(2,3)5-6(9)4-7(10)11;6-3(5(9)10)1-2-4(7)8/h6,9H,4-5H2,1-3H3;1-2H2,(H,7,8)(H,9,10)/p+1/t6-;/m1./s1. The van der Waals surface area contributed by atoms with E-state index in [9.17, 15) is 19.2 Å². The lowest BCUT2D eigenvalue weighted by Crippen LogP contribution is -2.42. The Bertz CT molecular complexity index is 385. The summed E-state index contributed by atoms with van der Waals surface area (Å²) in [7, 11) is 5.72. The number of nitrogens with zero attached hydrogens (tertiary/aromatic N) is 1. The van der Waals surface area contributed by atoms with E-state index >= 15 is 0 Å². The van der Waals surface area contributed by atoms with Gasteiger partial charge in [-0.15, -0.1) is 0 Å². The summed E-state index contributed by atoms with van der Waals surface area (Å²) in [5.74, 6) is -4.77. The molecule has 9 heteroatoms. The molecular weight excluding hydrogens is 286 g/mol. The van der Waals surface area contributed by atoms with E-state index in [0.717, 1.165) is 0 Å².